The molecule has 6 rings (SSSR count). The number of rotatable bonds is 15. The van der Waals surface area contributed by atoms with E-state index >= 15 is 0 Å². The fourth-order valence-corrected chi connectivity index (χ4v) is 10.3. The van der Waals surface area contributed by atoms with Crippen molar-refractivity contribution in [3.05, 3.63) is 119 Å². The zero-order valence-corrected chi connectivity index (χ0v) is 31.8. The van der Waals surface area contributed by atoms with Gasteiger partial charge in [-0.05, 0) is 70.2 Å². The van der Waals surface area contributed by atoms with Crippen molar-refractivity contribution in [1.29, 1.82) is 0 Å². The smallest absolute Gasteiger partial charge is 0.407 e. The second-order valence-corrected chi connectivity index (χ2v) is 16.3. The number of fused-ring (bicyclic) bond motifs is 3. The Morgan fingerprint density at radius 2 is 1.49 bits per heavy atom. The van der Waals surface area contributed by atoms with Gasteiger partial charge in [-0.2, -0.15) is 0 Å². The van der Waals surface area contributed by atoms with Crippen LogP contribution in [-0.2, 0) is 23.1 Å². The second kappa shape index (κ2) is 17.5. The van der Waals surface area contributed by atoms with Crippen molar-refractivity contribution in [2.24, 2.45) is 5.92 Å². The van der Waals surface area contributed by atoms with Gasteiger partial charge in [0.1, 0.15) is 28.2 Å². The molecule has 1 aliphatic carbocycles. The van der Waals surface area contributed by atoms with Crippen LogP contribution in [0.15, 0.2) is 97.1 Å². The number of amides is 1. The standard InChI is InChI=1S/C42H45NO8S2/c1-27(2)38(43-41(47)50-26-36-34-17-9-7-15-32(34)33-16-8-10-18-35(33)36)40(46)51-39(42(52-21-12-22-53-42)29-13-5-4-6-14-29)28-23-30(48-3)25-31(24-28)49-20-11-19-37(44)45/h4-10,13-18,23-25,27,36,38-39H,11-12,19-22,26H2,1-3H3,(H,43,47)(H,44,45). The van der Waals surface area contributed by atoms with Gasteiger partial charge in [0, 0.05) is 24.0 Å². The SMILES string of the molecule is COc1cc(OCCCC(=O)O)cc(C(OC(=O)C(NC(=O)OCC2c3ccccc3-c3ccccc32)C(C)C)C2(c3ccccc3)SCCCS2)c1. The van der Waals surface area contributed by atoms with Gasteiger partial charge < -0.3 is 29.4 Å². The van der Waals surface area contributed by atoms with Crippen molar-refractivity contribution >= 4 is 41.6 Å². The van der Waals surface area contributed by atoms with Crippen molar-refractivity contribution in [3.8, 4) is 22.6 Å². The number of esters is 1. The van der Waals surface area contributed by atoms with Gasteiger partial charge in [0.25, 0.3) is 0 Å². The molecule has 2 aliphatic rings. The highest BCUT2D eigenvalue weighted by Crippen LogP contribution is 2.59. The number of alkyl carbamates (subject to hydrolysis) is 1. The summed E-state index contributed by atoms with van der Waals surface area (Å²) in [4.78, 5) is 38.9. The van der Waals surface area contributed by atoms with Crippen molar-refractivity contribution in [3.63, 3.8) is 0 Å². The van der Waals surface area contributed by atoms with E-state index in [0.717, 1.165) is 45.7 Å². The number of carbonyl (C=O) groups is 3. The van der Waals surface area contributed by atoms with E-state index in [1.165, 1.54) is 0 Å². The van der Waals surface area contributed by atoms with Crippen LogP contribution in [0.3, 0.4) is 0 Å². The highest BCUT2D eigenvalue weighted by Gasteiger charge is 2.48. The van der Waals surface area contributed by atoms with Gasteiger partial charge in [0.2, 0.25) is 0 Å². The molecule has 2 unspecified atom stereocenters. The molecule has 4 aromatic carbocycles. The Morgan fingerprint density at radius 3 is 2.11 bits per heavy atom. The summed E-state index contributed by atoms with van der Waals surface area (Å²) in [5, 5.41) is 11.9. The first-order valence-corrected chi connectivity index (χ1v) is 19.9. The maximum Gasteiger partial charge on any atom is 0.407 e. The van der Waals surface area contributed by atoms with Crippen molar-refractivity contribution in [2.45, 2.75) is 55.3 Å². The van der Waals surface area contributed by atoms with Crippen LogP contribution in [0, 0.1) is 5.92 Å². The molecule has 53 heavy (non-hydrogen) atoms. The molecule has 1 amide bonds. The number of hydrogen-bond acceptors (Lipinski definition) is 9. The Kier molecular flexibility index (Phi) is 12.6. The Labute approximate surface area is 319 Å². The van der Waals surface area contributed by atoms with E-state index in [9.17, 15) is 14.4 Å². The molecular weight excluding hydrogens is 711 g/mol. The number of methoxy groups -OCH3 is 1. The molecule has 0 radical (unpaired) electrons. The Hall–Kier alpha value is -4.61. The summed E-state index contributed by atoms with van der Waals surface area (Å²) in [7, 11) is 1.55. The molecule has 1 fully saturated rings. The second-order valence-electron chi connectivity index (χ2n) is 13.4. The van der Waals surface area contributed by atoms with E-state index in [4.69, 9.17) is 24.1 Å². The molecule has 0 saturated carbocycles. The average Bonchev–Trinajstić information content (AvgIpc) is 3.50. The molecule has 11 heteroatoms. The van der Waals surface area contributed by atoms with Crippen LogP contribution in [0.2, 0.25) is 0 Å². The third-order valence-electron chi connectivity index (χ3n) is 9.46. The number of thioether (sulfide) groups is 2. The monoisotopic (exact) mass is 755 g/mol. The summed E-state index contributed by atoms with van der Waals surface area (Å²) < 4.78 is 23.4. The fraction of sp³-hybridized carbons (Fsp3) is 0.357. The Bertz CT molecular complexity index is 1850. The van der Waals surface area contributed by atoms with E-state index < -0.39 is 34.3 Å². The topological polar surface area (TPSA) is 120 Å². The predicted octanol–water partition coefficient (Wildman–Crippen LogP) is 8.81. The maximum absolute atomic E-state index is 14.4. The zero-order valence-electron chi connectivity index (χ0n) is 30.1. The molecule has 1 aliphatic heterocycles. The first-order valence-electron chi connectivity index (χ1n) is 17.9. The molecule has 2 N–H and O–H groups in total. The van der Waals surface area contributed by atoms with Gasteiger partial charge in [-0.25, -0.2) is 9.59 Å². The lowest BCUT2D eigenvalue weighted by molar-refractivity contribution is -0.154. The molecular formula is C42H45NO8S2. The number of carboxylic acid groups (broad SMARTS) is 1. The number of nitrogens with one attached hydrogen (secondary N) is 1. The molecule has 9 nitrogen and oxygen atoms in total. The number of carboxylic acids is 1. The number of benzene rings is 4. The van der Waals surface area contributed by atoms with Crippen molar-refractivity contribution < 1.29 is 38.4 Å². The highest BCUT2D eigenvalue weighted by atomic mass is 32.2. The summed E-state index contributed by atoms with van der Waals surface area (Å²) in [5.74, 6) is 0.749. The quantitative estimate of drug-likeness (QED) is 0.0900. The van der Waals surface area contributed by atoms with Crippen LogP contribution in [0.1, 0.15) is 67.4 Å². The number of carbonyl (C=O) groups excluding carboxylic acids is 2. The fourth-order valence-electron chi connectivity index (χ4n) is 6.87. The molecule has 2 atom stereocenters. The number of aliphatic carboxylic acids is 1. The minimum absolute atomic E-state index is 0.0191. The molecule has 0 bridgehead atoms. The first kappa shape index (κ1) is 38.1. The lowest BCUT2D eigenvalue weighted by Gasteiger charge is -2.42. The van der Waals surface area contributed by atoms with E-state index in [1.807, 2.05) is 80.6 Å². The lowest BCUT2D eigenvalue weighted by atomic mass is 9.98. The van der Waals surface area contributed by atoms with Crippen LogP contribution < -0.4 is 14.8 Å². The predicted molar refractivity (Wildman–Crippen MR) is 209 cm³/mol. The summed E-state index contributed by atoms with van der Waals surface area (Å²) >= 11 is 3.45. The van der Waals surface area contributed by atoms with E-state index in [-0.39, 0.29) is 31.5 Å². The zero-order chi connectivity index (χ0) is 37.4. The Morgan fingerprint density at radius 1 is 0.868 bits per heavy atom. The van der Waals surface area contributed by atoms with Crippen molar-refractivity contribution in [1.82, 2.24) is 5.32 Å². The van der Waals surface area contributed by atoms with Gasteiger partial charge in [-0.1, -0.05) is 92.7 Å². The summed E-state index contributed by atoms with van der Waals surface area (Å²) in [5.41, 5.74) is 6.10. The van der Waals surface area contributed by atoms with E-state index in [2.05, 4.69) is 29.6 Å². The van der Waals surface area contributed by atoms with Crippen LogP contribution in [0.25, 0.3) is 11.1 Å². The summed E-state index contributed by atoms with van der Waals surface area (Å²) in [6.07, 6.45) is -0.211. The van der Waals surface area contributed by atoms with Gasteiger partial charge in [-0.3, -0.25) is 4.79 Å². The third-order valence-corrected chi connectivity index (χ3v) is 12.9. The largest absolute Gasteiger partial charge is 0.497 e. The number of ether oxygens (including phenoxy) is 4. The van der Waals surface area contributed by atoms with Crippen LogP contribution >= 0.6 is 23.5 Å². The molecule has 4 aromatic rings. The lowest BCUT2D eigenvalue weighted by Crippen LogP contribution is -2.47. The van der Waals surface area contributed by atoms with Crippen LogP contribution in [0.4, 0.5) is 4.79 Å². The third kappa shape index (κ3) is 8.79. The van der Waals surface area contributed by atoms with Crippen LogP contribution in [0.5, 0.6) is 11.5 Å². The first-order chi connectivity index (χ1) is 25.7. The molecule has 278 valence electrons. The Balaban J connectivity index is 1.26. The molecule has 0 aromatic heterocycles. The van der Waals surface area contributed by atoms with Gasteiger partial charge >= 0.3 is 18.0 Å². The highest BCUT2D eigenvalue weighted by molar-refractivity contribution is 8.18. The molecule has 0 spiro atoms. The van der Waals surface area contributed by atoms with E-state index in [0.29, 0.717) is 23.5 Å². The average molecular weight is 756 g/mol. The summed E-state index contributed by atoms with van der Waals surface area (Å²) in [6.45, 7) is 4.02. The van der Waals surface area contributed by atoms with Gasteiger partial charge in [-0.15, -0.1) is 23.5 Å². The summed E-state index contributed by atoms with van der Waals surface area (Å²) in [6, 6.07) is 30.7. The maximum atomic E-state index is 14.4. The van der Waals surface area contributed by atoms with Crippen molar-refractivity contribution in [2.75, 3.05) is 31.8 Å². The molecule has 1 heterocycles. The van der Waals surface area contributed by atoms with Gasteiger partial charge in [0.15, 0.2) is 6.10 Å². The normalized spacial score (nSPS) is 15.8. The van der Waals surface area contributed by atoms with Gasteiger partial charge in [0.05, 0.1) is 13.7 Å². The number of hydrogen-bond donors (Lipinski definition) is 2. The minimum Gasteiger partial charge on any atom is -0.497 e. The minimum atomic E-state index is -1.00. The van der Waals surface area contributed by atoms with E-state index in [1.54, 1.807) is 36.7 Å². The molecule has 1 saturated heterocycles. The van der Waals surface area contributed by atoms with Crippen LogP contribution in [-0.4, -0.2) is 61.0 Å².